The van der Waals surface area contributed by atoms with Crippen LogP contribution < -0.4 is 33.2 Å². The highest BCUT2D eigenvalue weighted by Gasteiger charge is 2.29. The van der Waals surface area contributed by atoms with E-state index in [0.717, 1.165) is 105 Å². The lowest BCUT2D eigenvalue weighted by molar-refractivity contribution is 0.281. The predicted octanol–water partition coefficient (Wildman–Crippen LogP) is 6.60. The number of hydrogen-bond acceptors (Lipinski definition) is 27. The summed E-state index contributed by atoms with van der Waals surface area (Å²) < 4.78 is 27.2. The van der Waals surface area contributed by atoms with Crippen LogP contribution in [-0.2, 0) is 112 Å². The molecule has 0 aliphatic heterocycles. The first-order valence-electron chi connectivity index (χ1n) is 36.4. The predicted molar refractivity (Wildman–Crippen MR) is 440 cm³/mol. The van der Waals surface area contributed by atoms with Gasteiger partial charge in [0.15, 0.2) is 0 Å². The molecule has 10 heterocycles. The Morgan fingerprint density at radius 2 is 0.647 bits per heavy atom. The Hall–Kier alpha value is -12.0. The van der Waals surface area contributed by atoms with Crippen LogP contribution in [0.4, 0.5) is 0 Å². The van der Waals surface area contributed by atoms with Crippen LogP contribution in [0.1, 0.15) is 82.7 Å². The minimum absolute atomic E-state index is 0.110. The smallest absolute Gasteiger partial charge is 0.368 e. The van der Waals surface area contributed by atoms with Crippen molar-refractivity contribution in [2.75, 3.05) is 6.61 Å². The van der Waals surface area contributed by atoms with Gasteiger partial charge in [-0.2, -0.15) is 72.3 Å². The van der Waals surface area contributed by atoms with E-state index in [9.17, 15) is 29.1 Å². The molecule has 1 saturated carbocycles. The van der Waals surface area contributed by atoms with E-state index in [2.05, 4.69) is 96.7 Å². The molecule has 604 valence electrons. The summed E-state index contributed by atoms with van der Waals surface area (Å²) in [5, 5.41) is 74.8. The molecule has 0 amide bonds. The van der Waals surface area contributed by atoms with Crippen molar-refractivity contribution in [3.63, 3.8) is 0 Å². The van der Waals surface area contributed by atoms with E-state index in [1.165, 1.54) is 82.5 Å². The minimum Gasteiger partial charge on any atom is -0.493 e. The molecule has 116 heavy (non-hydrogen) atoms. The lowest BCUT2D eigenvalue weighted by Crippen LogP contribution is -2.23. The molecule has 5 aromatic carbocycles. The summed E-state index contributed by atoms with van der Waals surface area (Å²) in [6.07, 6.45) is 12.8. The van der Waals surface area contributed by atoms with Crippen LogP contribution in [0.25, 0.3) is 28.4 Å². The van der Waals surface area contributed by atoms with Gasteiger partial charge >= 0.3 is 28.4 Å². The van der Waals surface area contributed by atoms with Crippen molar-refractivity contribution in [2.45, 2.75) is 106 Å². The highest BCUT2D eigenvalue weighted by molar-refractivity contribution is 7.99. The molecule has 1 aliphatic rings. The maximum Gasteiger partial charge on any atom is 0.368 e. The van der Waals surface area contributed by atoms with E-state index in [1.807, 2.05) is 177 Å². The Morgan fingerprint density at radius 1 is 0.353 bits per heavy atom. The molecular formula is C74H86N30O7S5. The van der Waals surface area contributed by atoms with Gasteiger partial charge in [0, 0.05) is 136 Å². The van der Waals surface area contributed by atoms with Gasteiger partial charge in [-0.25, -0.2) is 24.0 Å². The van der Waals surface area contributed by atoms with Crippen molar-refractivity contribution in [1.82, 2.24) is 148 Å². The lowest BCUT2D eigenvalue weighted by Gasteiger charge is -2.13. The molecular weight excluding hydrogens is 1580 g/mol. The molecule has 1 aliphatic carbocycles. The lowest BCUT2D eigenvalue weighted by atomic mass is 10.0. The Balaban J connectivity index is 0.000000134. The molecule has 0 unspecified atom stereocenters. The SMILES string of the molecule is CCOc1cccc(-n2nnn(C)c2=O)c1CSc1ccn(C)n1.CCc1cccc(-n2nnn(C)c2=O)c1CSc1ccn(C)n1.Cc1cccc(-n2nnn(C)c2=O)c1CSc1ccn(C)n1.Cn1ccc(SCc2c(C3CC3)cccc2-n2nnn(C)c2=O)n1.Cn1ccc(SCc2c(CO)cccc2-n2nnn(C)c2=O)n1. The summed E-state index contributed by atoms with van der Waals surface area (Å²) in [6.45, 7) is 6.49. The molecule has 37 nitrogen and oxygen atoms in total. The largest absolute Gasteiger partial charge is 0.493 e. The van der Waals surface area contributed by atoms with Gasteiger partial charge in [0.05, 0.1) is 41.7 Å². The third-order valence-corrected chi connectivity index (χ3v) is 22.8. The van der Waals surface area contributed by atoms with Gasteiger partial charge in [-0.15, -0.1) is 0 Å². The van der Waals surface area contributed by atoms with E-state index in [4.69, 9.17) is 4.74 Å². The first-order chi connectivity index (χ1) is 56.0. The number of aliphatic hydroxyl groups is 1. The first kappa shape index (κ1) is 83.4. The quantitative estimate of drug-likeness (QED) is 0.0589. The molecule has 0 spiro atoms. The Bertz CT molecular complexity index is 6020. The minimum atomic E-state index is -0.329. The Labute approximate surface area is 684 Å². The summed E-state index contributed by atoms with van der Waals surface area (Å²) >= 11 is 8.05. The maximum absolute atomic E-state index is 12.3. The van der Waals surface area contributed by atoms with Gasteiger partial charge in [-0.3, -0.25) is 23.4 Å². The van der Waals surface area contributed by atoms with E-state index >= 15 is 0 Å². The molecule has 1 fully saturated rings. The van der Waals surface area contributed by atoms with Crippen LogP contribution in [0.3, 0.4) is 0 Å². The van der Waals surface area contributed by atoms with Crippen molar-refractivity contribution >= 4 is 58.8 Å². The summed E-state index contributed by atoms with van der Waals surface area (Å²) in [7, 11) is 17.3. The standard InChI is InChI=1S/C16H18N6OS.C15H18N6O2S.C15H18N6OS.C14H16N6O2S.C14H16N6OS/c1-20-9-8-15(17-20)24-10-13-12(11-6-7-11)4-3-5-14(13)22-16(23)21(2)18-19-22;1-4-23-13-7-5-6-12(21-15(22)20(3)17-18-21)11(13)10-24-14-8-9-19(2)16-14;1-4-11-6-5-7-13(21-15(22)20(3)17-18-21)12(11)10-23-14-8-9-19(2)16-14;1-18-7-6-13(15-18)23-9-11-10(8-21)4-3-5-12(11)20-14(22)19(2)16-17-20;1-10-5-4-6-12(20-14(21)19(3)16-17-20)11(10)9-22-13-7-8-18(2)15-13/h3-5,8-9,11H,6-7,10H2,1-2H3;5-9H,4,10H2,1-3H3;5-9H,4,10H2,1-3H3;3-7,21H,8-9H2,1-2H3;4-8H,9H2,1-3H3. The van der Waals surface area contributed by atoms with Crippen molar-refractivity contribution < 1.29 is 9.84 Å². The summed E-state index contributed by atoms with van der Waals surface area (Å²) in [4.78, 5) is 60.9. The number of ether oxygens (including phenoxy) is 1. The van der Waals surface area contributed by atoms with Gasteiger partial charge < -0.3 is 9.84 Å². The number of benzene rings is 5. The zero-order chi connectivity index (χ0) is 82.3. The molecule has 0 saturated heterocycles. The van der Waals surface area contributed by atoms with E-state index in [-0.39, 0.29) is 35.1 Å². The Morgan fingerprint density at radius 3 is 0.966 bits per heavy atom. The second kappa shape index (κ2) is 38.4. The fourth-order valence-corrected chi connectivity index (χ4v) is 16.7. The third kappa shape index (κ3) is 20.2. The molecule has 15 aromatic rings. The number of hydrogen-bond donors (Lipinski definition) is 1. The van der Waals surface area contributed by atoms with Crippen molar-refractivity contribution in [3.05, 3.63) is 255 Å². The van der Waals surface area contributed by atoms with Crippen LogP contribution in [0.5, 0.6) is 5.75 Å². The maximum atomic E-state index is 12.3. The van der Waals surface area contributed by atoms with Gasteiger partial charge in [0.2, 0.25) is 0 Å². The van der Waals surface area contributed by atoms with Crippen LogP contribution in [0.2, 0.25) is 0 Å². The first-order valence-corrected chi connectivity index (χ1v) is 41.3. The topological polar surface area (TPSA) is 382 Å². The van der Waals surface area contributed by atoms with Gasteiger partial charge in [0.1, 0.15) is 30.9 Å². The molecule has 42 heteroatoms. The number of tetrazole rings is 5. The average Bonchev–Trinajstić information content (AvgIpc) is 1.66. The highest BCUT2D eigenvalue weighted by Crippen LogP contribution is 2.44. The van der Waals surface area contributed by atoms with Crippen LogP contribution >= 0.6 is 58.8 Å². The zero-order valence-corrected chi connectivity index (χ0v) is 70.0. The third-order valence-electron chi connectivity index (χ3n) is 18.1. The fraction of sp³-hybridized carbons (Fsp3) is 0.324. The van der Waals surface area contributed by atoms with E-state index < -0.39 is 0 Å². The van der Waals surface area contributed by atoms with Gasteiger partial charge in [-0.05, 0) is 202 Å². The van der Waals surface area contributed by atoms with Crippen molar-refractivity contribution in [3.8, 4) is 34.2 Å². The van der Waals surface area contributed by atoms with Crippen LogP contribution in [-0.4, -0.2) is 160 Å². The second-order valence-electron chi connectivity index (χ2n) is 26.3. The number of thioether (sulfide) groups is 5. The summed E-state index contributed by atoms with van der Waals surface area (Å²) in [5.74, 6) is 4.67. The van der Waals surface area contributed by atoms with Crippen molar-refractivity contribution in [1.29, 1.82) is 0 Å². The van der Waals surface area contributed by atoms with E-state index in [1.54, 1.807) is 118 Å². The molecule has 0 radical (unpaired) electrons. The summed E-state index contributed by atoms with van der Waals surface area (Å²) in [6, 6.07) is 38.7. The Kier molecular flexibility index (Phi) is 27.6. The molecule has 0 atom stereocenters. The highest BCUT2D eigenvalue weighted by atomic mass is 32.2. The fourth-order valence-electron chi connectivity index (χ4n) is 11.8. The summed E-state index contributed by atoms with van der Waals surface area (Å²) in [5.41, 5.74) is 11.7. The van der Waals surface area contributed by atoms with Crippen molar-refractivity contribution in [2.24, 2.45) is 70.5 Å². The number of aliphatic hydroxyl groups excluding tert-OH is 1. The molecule has 0 bridgehead atoms. The number of nitrogens with zero attached hydrogens (tertiary/aromatic N) is 30. The van der Waals surface area contributed by atoms with Crippen LogP contribution in [0, 0.1) is 6.92 Å². The second-order valence-corrected chi connectivity index (χ2v) is 31.3. The number of aryl methyl sites for hydroxylation is 12. The molecule has 10 aromatic heterocycles. The zero-order valence-electron chi connectivity index (χ0n) is 65.9. The van der Waals surface area contributed by atoms with E-state index in [0.29, 0.717) is 41.2 Å². The molecule has 16 rings (SSSR count). The number of aromatic nitrogens is 30. The molecule has 1 N–H and O–H groups in total. The average molecular weight is 1670 g/mol. The van der Waals surface area contributed by atoms with Crippen LogP contribution in [0.15, 0.2) is 201 Å². The van der Waals surface area contributed by atoms with Gasteiger partial charge in [-0.1, -0.05) is 120 Å². The normalized spacial score (nSPS) is 11.7. The monoisotopic (exact) mass is 1670 g/mol. The number of rotatable bonds is 25. The van der Waals surface area contributed by atoms with Gasteiger partial charge in [0.25, 0.3) is 0 Å².